The van der Waals surface area contributed by atoms with Crippen molar-refractivity contribution in [2.75, 3.05) is 6.54 Å². The van der Waals surface area contributed by atoms with E-state index in [-0.39, 0.29) is 36.6 Å². The van der Waals surface area contributed by atoms with E-state index in [2.05, 4.69) is 31.1 Å². The molecule has 15 heteroatoms. The number of nitrogens with two attached hydrogens (primary N) is 1. The number of allylic oxidation sites excluding steroid dienone is 1. The third kappa shape index (κ3) is 9.62. The van der Waals surface area contributed by atoms with E-state index in [9.17, 15) is 45.3 Å². The lowest BCUT2D eigenvalue weighted by molar-refractivity contribution is -0.367. The monoisotopic (exact) mass is 752 g/mol. The fraction of sp³-hybridized carbons (Fsp3) is 0.842. The first-order valence-electron chi connectivity index (χ1n) is 19.5. The van der Waals surface area contributed by atoms with Crippen LogP contribution in [-0.2, 0) is 23.8 Å². The molecule has 0 bridgehead atoms. The molecule has 53 heavy (non-hydrogen) atoms. The van der Waals surface area contributed by atoms with E-state index in [0.29, 0.717) is 50.9 Å². The molecular weight excluding hydrogens is 690 g/mol. The van der Waals surface area contributed by atoms with Gasteiger partial charge in [-0.1, -0.05) is 40.0 Å². The van der Waals surface area contributed by atoms with Crippen molar-refractivity contribution in [3.8, 4) is 0 Å². The summed E-state index contributed by atoms with van der Waals surface area (Å²) in [5.41, 5.74) is 4.08. The Morgan fingerprint density at radius 3 is 2.38 bits per heavy atom. The SMILES string of the molecule is CC(C)CCCC(C)C(CNC(O)C1(O)C(OC2CCC3C(C2)OC(C(N)=O)C(C2CCC(O)CC2)C3O)OC(C(=O)O)C(O)C1O)CC1=C[CH+]N=C1. The molecule has 5 rings (SSSR count). The first kappa shape index (κ1) is 42.0. The topological polar surface area (TPSA) is 254 Å². The number of amides is 1. The van der Waals surface area contributed by atoms with Crippen LogP contribution in [0.15, 0.2) is 16.6 Å². The highest BCUT2D eigenvalue weighted by atomic mass is 16.7. The van der Waals surface area contributed by atoms with Gasteiger partial charge in [-0.05, 0) is 62.2 Å². The molecule has 1 amide bonds. The number of aliphatic carboxylic acids is 1. The van der Waals surface area contributed by atoms with Crippen LogP contribution in [0.1, 0.15) is 91.4 Å². The van der Waals surface area contributed by atoms with Crippen molar-refractivity contribution in [2.24, 2.45) is 46.2 Å². The van der Waals surface area contributed by atoms with Crippen LogP contribution in [0.2, 0.25) is 0 Å². The summed E-state index contributed by atoms with van der Waals surface area (Å²) in [6, 6.07) is 0. The number of carboxylic acids is 1. The maximum atomic E-state index is 12.6. The number of aliphatic imine (C=N–C) groups is 1. The highest BCUT2D eigenvalue weighted by Gasteiger charge is 2.62. The number of fused-ring (bicyclic) bond motifs is 1. The third-order valence-electron chi connectivity index (χ3n) is 12.5. The molecule has 2 saturated carbocycles. The van der Waals surface area contributed by atoms with Crippen LogP contribution < -0.4 is 11.1 Å². The molecule has 3 aliphatic heterocycles. The molecule has 0 spiro atoms. The standard InChI is InChI=1S/C38H61N3O12/c1-19(2)5-4-6-20(3)23(15-21-13-14-40-17-21)18-41-36(49)38(50)33(45)30(44)32(35(47)48)53-37(38)51-25-11-12-26-27(16-25)52-31(34(39)46)28(29(26)43)22-7-9-24(42)10-8-22/h13-14,17,19-20,22-33,36-37,41-45,49-50H,4-12,15-16,18H2,1-3H3,(H2-,39,46,47,48)/p+1. The number of rotatable bonds is 16. The minimum atomic E-state index is -2.71. The smallest absolute Gasteiger partial charge is 0.335 e. The molecule has 14 atom stereocenters. The van der Waals surface area contributed by atoms with E-state index in [0.717, 1.165) is 24.8 Å². The quantitative estimate of drug-likeness (QED) is 0.0781. The Bertz CT molecular complexity index is 1290. The summed E-state index contributed by atoms with van der Waals surface area (Å²) >= 11 is 0. The second kappa shape index (κ2) is 18.2. The van der Waals surface area contributed by atoms with Crippen LogP contribution in [0.5, 0.6) is 0 Å². The van der Waals surface area contributed by atoms with Gasteiger partial charge in [0, 0.05) is 31.2 Å². The summed E-state index contributed by atoms with van der Waals surface area (Å²) in [6.45, 7) is 8.38. The summed E-state index contributed by atoms with van der Waals surface area (Å²) in [5.74, 6) is -2.50. The Morgan fingerprint density at radius 1 is 1.04 bits per heavy atom. The molecule has 0 aromatic heterocycles. The van der Waals surface area contributed by atoms with Crippen molar-refractivity contribution >= 4 is 18.1 Å². The Labute approximate surface area is 312 Å². The van der Waals surface area contributed by atoms with Gasteiger partial charge in [-0.2, -0.15) is 0 Å². The highest BCUT2D eigenvalue weighted by molar-refractivity contribution is 5.82. The molecule has 0 aromatic carbocycles. The van der Waals surface area contributed by atoms with Gasteiger partial charge in [0.25, 0.3) is 0 Å². The number of carboxylic acid groups (broad SMARTS) is 1. The van der Waals surface area contributed by atoms with Crippen LogP contribution in [0.25, 0.3) is 0 Å². The maximum Gasteiger partial charge on any atom is 0.335 e. The lowest BCUT2D eigenvalue weighted by atomic mass is 9.66. The molecule has 300 valence electrons. The highest BCUT2D eigenvalue weighted by Crippen LogP contribution is 2.46. The third-order valence-corrected chi connectivity index (χ3v) is 12.5. The van der Waals surface area contributed by atoms with Gasteiger partial charge in [0.05, 0.1) is 30.5 Å². The number of nitrogens with zero attached hydrogens (tertiary/aromatic N) is 1. The number of hydrogen-bond acceptors (Lipinski definition) is 13. The number of aliphatic hydroxyl groups excluding tert-OH is 5. The molecule has 2 aliphatic carbocycles. The van der Waals surface area contributed by atoms with E-state index < -0.39 is 84.7 Å². The largest absolute Gasteiger partial charge is 0.479 e. The zero-order valence-electron chi connectivity index (χ0n) is 31.2. The predicted molar refractivity (Wildman–Crippen MR) is 192 cm³/mol. The van der Waals surface area contributed by atoms with Crippen molar-refractivity contribution in [3.05, 3.63) is 18.2 Å². The zero-order valence-corrected chi connectivity index (χ0v) is 31.2. The van der Waals surface area contributed by atoms with Crippen LogP contribution >= 0.6 is 0 Å². The Balaban J connectivity index is 1.30. The number of hydrogen-bond donors (Lipinski definition) is 9. The molecular formula is C38H62N3O12+. The molecule has 5 aliphatic rings. The van der Waals surface area contributed by atoms with Crippen molar-refractivity contribution in [1.82, 2.24) is 5.32 Å². The molecule has 2 saturated heterocycles. The van der Waals surface area contributed by atoms with Crippen molar-refractivity contribution in [3.63, 3.8) is 0 Å². The van der Waals surface area contributed by atoms with Gasteiger partial charge in [-0.25, -0.2) is 4.79 Å². The van der Waals surface area contributed by atoms with Crippen LogP contribution in [0, 0.1) is 42.1 Å². The molecule has 3 heterocycles. The van der Waals surface area contributed by atoms with E-state index in [1.807, 2.05) is 6.08 Å². The van der Waals surface area contributed by atoms with Crippen LogP contribution in [0.4, 0.5) is 0 Å². The molecule has 15 nitrogen and oxygen atoms in total. The number of aliphatic hydroxyl groups is 6. The van der Waals surface area contributed by atoms with Gasteiger partial charge in [-0.15, -0.1) is 4.99 Å². The first-order chi connectivity index (χ1) is 25.1. The summed E-state index contributed by atoms with van der Waals surface area (Å²) in [7, 11) is 0. The molecule has 4 fully saturated rings. The van der Waals surface area contributed by atoms with Crippen molar-refractivity contribution in [2.45, 2.75) is 158 Å². The van der Waals surface area contributed by atoms with Gasteiger partial charge in [0.15, 0.2) is 24.2 Å². The average Bonchev–Trinajstić information content (AvgIpc) is 3.63. The Hall–Kier alpha value is -2.18. The molecule has 0 radical (unpaired) electrons. The fourth-order valence-corrected chi connectivity index (χ4v) is 9.24. The van der Waals surface area contributed by atoms with Crippen molar-refractivity contribution < 1.29 is 59.5 Å². The molecule has 0 aromatic rings. The van der Waals surface area contributed by atoms with Crippen LogP contribution in [0.3, 0.4) is 0 Å². The lowest BCUT2D eigenvalue weighted by Gasteiger charge is -2.52. The number of nitrogens with one attached hydrogen (secondary N) is 1. The minimum Gasteiger partial charge on any atom is -0.479 e. The van der Waals surface area contributed by atoms with Gasteiger partial charge in [0.1, 0.15) is 36.7 Å². The summed E-state index contributed by atoms with van der Waals surface area (Å²) < 4.78 is 18.1. The fourth-order valence-electron chi connectivity index (χ4n) is 9.24. The summed E-state index contributed by atoms with van der Waals surface area (Å²) in [4.78, 5) is 28.9. The van der Waals surface area contributed by atoms with Crippen LogP contribution in [-0.4, -0.2) is 127 Å². The predicted octanol–water partition coefficient (Wildman–Crippen LogP) is 0.764. The van der Waals surface area contributed by atoms with Gasteiger partial charge in [-0.3, -0.25) is 10.1 Å². The second-order valence-corrected chi connectivity index (χ2v) is 16.7. The summed E-state index contributed by atoms with van der Waals surface area (Å²) in [6.07, 6.45) is -3.39. The van der Waals surface area contributed by atoms with Gasteiger partial charge in [0.2, 0.25) is 5.91 Å². The Kier molecular flexibility index (Phi) is 14.4. The first-order valence-corrected chi connectivity index (χ1v) is 19.5. The average molecular weight is 753 g/mol. The Morgan fingerprint density at radius 2 is 1.75 bits per heavy atom. The van der Waals surface area contributed by atoms with Crippen molar-refractivity contribution in [1.29, 1.82) is 0 Å². The normalized spacial score (nSPS) is 40.5. The van der Waals surface area contributed by atoms with E-state index in [1.165, 1.54) is 0 Å². The molecule has 10 N–H and O–H groups in total. The van der Waals surface area contributed by atoms with E-state index in [1.54, 1.807) is 12.8 Å². The summed E-state index contributed by atoms with van der Waals surface area (Å²) in [5, 5.41) is 80.0. The number of carbonyl (C=O) groups excluding carboxylic acids is 1. The number of ether oxygens (including phenoxy) is 3. The lowest BCUT2D eigenvalue weighted by Crippen LogP contribution is -2.75. The van der Waals surface area contributed by atoms with E-state index >= 15 is 0 Å². The van der Waals surface area contributed by atoms with E-state index in [4.69, 9.17) is 19.9 Å². The minimum absolute atomic E-state index is 0.0202. The molecule has 14 unspecified atom stereocenters. The van der Waals surface area contributed by atoms with Gasteiger partial charge < -0.3 is 55.7 Å². The second-order valence-electron chi connectivity index (χ2n) is 16.7. The number of carbonyl (C=O) groups is 2. The zero-order chi connectivity index (χ0) is 38.6. The van der Waals surface area contributed by atoms with Gasteiger partial charge >= 0.3 is 5.97 Å². The number of primary amides is 1. The maximum absolute atomic E-state index is 12.6.